The second kappa shape index (κ2) is 18.4. The average molecular weight is 377 g/mol. The molecule has 0 heterocycles. The van der Waals surface area contributed by atoms with E-state index in [1.54, 1.807) is 0 Å². The van der Waals surface area contributed by atoms with E-state index in [4.69, 9.17) is 4.55 Å². The van der Waals surface area contributed by atoms with Crippen molar-refractivity contribution >= 4 is 10.4 Å². The molecule has 0 unspecified atom stereocenters. The van der Waals surface area contributed by atoms with Gasteiger partial charge >= 0.3 is 10.4 Å². The molecule has 0 saturated heterocycles. The van der Waals surface area contributed by atoms with Crippen molar-refractivity contribution in [3.05, 3.63) is 12.2 Å². The highest BCUT2D eigenvalue weighted by Gasteiger charge is 2.02. The number of allylic oxidation sites excluding steroid dienone is 2. The number of rotatable bonds is 19. The van der Waals surface area contributed by atoms with Gasteiger partial charge in [0, 0.05) is 0 Å². The van der Waals surface area contributed by atoms with Gasteiger partial charge in [-0.3, -0.25) is 4.55 Å². The first-order chi connectivity index (χ1) is 12.1. The fraction of sp³-hybridized carbons (Fsp3) is 0.900. The molecule has 25 heavy (non-hydrogen) atoms. The van der Waals surface area contributed by atoms with Crippen molar-refractivity contribution in [2.45, 2.75) is 110 Å². The van der Waals surface area contributed by atoms with Crippen LogP contribution in [0.3, 0.4) is 0 Å². The smallest absolute Gasteiger partial charge is 0.264 e. The van der Waals surface area contributed by atoms with Gasteiger partial charge in [0.15, 0.2) is 0 Å². The Hall–Kier alpha value is -0.390. The fourth-order valence-corrected chi connectivity index (χ4v) is 3.20. The first-order valence-electron chi connectivity index (χ1n) is 10.3. The second-order valence-corrected chi connectivity index (χ2v) is 7.99. The lowest BCUT2D eigenvalue weighted by atomic mass is 10.1. The van der Waals surface area contributed by atoms with Crippen molar-refractivity contribution in [2.75, 3.05) is 6.61 Å². The molecule has 1 N–H and O–H groups in total. The van der Waals surface area contributed by atoms with E-state index >= 15 is 0 Å². The molecule has 0 aliphatic rings. The van der Waals surface area contributed by atoms with Crippen molar-refractivity contribution in [1.29, 1.82) is 0 Å². The Labute approximate surface area is 156 Å². The van der Waals surface area contributed by atoms with Crippen LogP contribution in [0.5, 0.6) is 0 Å². The van der Waals surface area contributed by atoms with Crippen LogP contribution in [0.25, 0.3) is 0 Å². The van der Waals surface area contributed by atoms with Gasteiger partial charge in [-0.25, -0.2) is 4.18 Å². The molecule has 4 nitrogen and oxygen atoms in total. The van der Waals surface area contributed by atoms with Crippen LogP contribution in [0.1, 0.15) is 110 Å². The molecule has 0 aliphatic carbocycles. The van der Waals surface area contributed by atoms with Gasteiger partial charge in [-0.05, 0) is 32.1 Å². The van der Waals surface area contributed by atoms with Crippen LogP contribution in [0, 0.1) is 0 Å². The lowest BCUT2D eigenvalue weighted by Crippen LogP contribution is -2.04. The predicted octanol–water partition coefficient (Wildman–Crippen LogP) is 6.62. The van der Waals surface area contributed by atoms with Gasteiger partial charge in [0.25, 0.3) is 0 Å². The molecular formula is C20H40O4S. The fourth-order valence-electron chi connectivity index (χ4n) is 2.87. The van der Waals surface area contributed by atoms with Crippen LogP contribution >= 0.6 is 0 Å². The third-order valence-corrected chi connectivity index (χ3v) is 4.85. The summed E-state index contributed by atoms with van der Waals surface area (Å²) in [5.41, 5.74) is 0. The van der Waals surface area contributed by atoms with E-state index in [2.05, 4.69) is 23.3 Å². The van der Waals surface area contributed by atoms with Crippen LogP contribution < -0.4 is 0 Å². The summed E-state index contributed by atoms with van der Waals surface area (Å²) in [6.07, 6.45) is 24.5. The summed E-state index contributed by atoms with van der Waals surface area (Å²) in [7, 11) is -4.25. The SMILES string of the molecule is CCCCCCCCCC/C=C\CCCCCCCCOS(=O)(=O)O. The number of unbranched alkanes of at least 4 members (excludes halogenated alkanes) is 14. The van der Waals surface area contributed by atoms with Crippen LogP contribution in [-0.4, -0.2) is 19.6 Å². The monoisotopic (exact) mass is 376 g/mol. The molecule has 0 aromatic heterocycles. The molecule has 0 bridgehead atoms. The summed E-state index contributed by atoms with van der Waals surface area (Å²) in [6.45, 7) is 2.35. The molecule has 0 aromatic carbocycles. The first kappa shape index (κ1) is 24.6. The Bertz CT molecular complexity index is 391. The van der Waals surface area contributed by atoms with E-state index in [-0.39, 0.29) is 6.61 Å². The van der Waals surface area contributed by atoms with Crippen LogP contribution in [0.15, 0.2) is 12.2 Å². The van der Waals surface area contributed by atoms with E-state index in [0.717, 1.165) is 12.8 Å². The number of hydrogen-bond acceptors (Lipinski definition) is 3. The second-order valence-electron chi connectivity index (χ2n) is 6.89. The largest absolute Gasteiger partial charge is 0.397 e. The van der Waals surface area contributed by atoms with Gasteiger partial charge in [0.1, 0.15) is 0 Å². The normalized spacial score (nSPS) is 12.2. The highest BCUT2D eigenvalue weighted by atomic mass is 32.3. The zero-order chi connectivity index (χ0) is 18.6. The molecule has 150 valence electrons. The summed E-state index contributed by atoms with van der Waals surface area (Å²) in [5, 5.41) is 0. The van der Waals surface area contributed by atoms with Gasteiger partial charge in [-0.1, -0.05) is 89.7 Å². The van der Waals surface area contributed by atoms with E-state index in [1.165, 1.54) is 83.5 Å². The summed E-state index contributed by atoms with van der Waals surface area (Å²) < 4.78 is 33.4. The molecule has 0 aromatic rings. The van der Waals surface area contributed by atoms with Crippen molar-refractivity contribution < 1.29 is 17.2 Å². The van der Waals surface area contributed by atoms with Crippen molar-refractivity contribution in [2.24, 2.45) is 0 Å². The van der Waals surface area contributed by atoms with Gasteiger partial charge in [-0.2, -0.15) is 8.42 Å². The van der Waals surface area contributed by atoms with Gasteiger partial charge < -0.3 is 0 Å². The topological polar surface area (TPSA) is 63.6 Å². The minimum Gasteiger partial charge on any atom is -0.264 e. The maximum atomic E-state index is 10.3. The summed E-state index contributed by atoms with van der Waals surface area (Å²) in [5.74, 6) is 0. The molecule has 0 saturated carbocycles. The molecule has 0 radical (unpaired) electrons. The lowest BCUT2D eigenvalue weighted by Gasteiger charge is -2.01. The molecule has 0 spiro atoms. The third-order valence-electron chi connectivity index (χ3n) is 4.39. The van der Waals surface area contributed by atoms with Crippen LogP contribution in [0.2, 0.25) is 0 Å². The minimum absolute atomic E-state index is 0.0836. The molecule has 0 rings (SSSR count). The molecule has 0 atom stereocenters. The van der Waals surface area contributed by atoms with Gasteiger partial charge in [0.05, 0.1) is 6.61 Å². The lowest BCUT2D eigenvalue weighted by molar-refractivity contribution is 0.261. The highest BCUT2D eigenvalue weighted by molar-refractivity contribution is 7.80. The molecule has 0 fully saturated rings. The van der Waals surface area contributed by atoms with E-state index in [0.29, 0.717) is 6.42 Å². The third kappa shape index (κ3) is 23.6. The summed E-state index contributed by atoms with van der Waals surface area (Å²) in [6, 6.07) is 0. The number of hydrogen-bond donors (Lipinski definition) is 1. The minimum atomic E-state index is -4.25. The Morgan fingerprint density at radius 1 is 0.680 bits per heavy atom. The first-order valence-corrected chi connectivity index (χ1v) is 11.7. The Morgan fingerprint density at radius 3 is 1.52 bits per heavy atom. The van der Waals surface area contributed by atoms with Crippen molar-refractivity contribution in [1.82, 2.24) is 0 Å². The van der Waals surface area contributed by atoms with Crippen LogP contribution in [-0.2, 0) is 14.6 Å². The standard InChI is InChI=1S/C20H40O4S/c1-2-3-4-5-6-7-8-9-10-11-12-13-14-15-16-17-18-19-20-24-25(21,22)23/h11-12H,2-10,13-20H2,1H3,(H,21,22,23)/b12-11-. The average Bonchev–Trinajstić information content (AvgIpc) is 2.56. The summed E-state index contributed by atoms with van der Waals surface area (Å²) in [4.78, 5) is 0. The Balaban J connectivity index is 3.13. The zero-order valence-corrected chi connectivity index (χ0v) is 17.1. The highest BCUT2D eigenvalue weighted by Crippen LogP contribution is 2.11. The maximum absolute atomic E-state index is 10.3. The Kier molecular flexibility index (Phi) is 18.1. The molecule has 0 aliphatic heterocycles. The van der Waals surface area contributed by atoms with Crippen molar-refractivity contribution in [3.8, 4) is 0 Å². The Morgan fingerprint density at radius 2 is 1.08 bits per heavy atom. The van der Waals surface area contributed by atoms with Gasteiger partial charge in [-0.15, -0.1) is 0 Å². The quantitative estimate of drug-likeness (QED) is 0.156. The van der Waals surface area contributed by atoms with Crippen molar-refractivity contribution in [3.63, 3.8) is 0 Å². The predicted molar refractivity (Wildman–Crippen MR) is 106 cm³/mol. The molecule has 0 amide bonds. The molecule has 5 heteroatoms. The summed E-state index contributed by atoms with van der Waals surface area (Å²) >= 11 is 0. The maximum Gasteiger partial charge on any atom is 0.397 e. The van der Waals surface area contributed by atoms with E-state index < -0.39 is 10.4 Å². The van der Waals surface area contributed by atoms with Gasteiger partial charge in [0.2, 0.25) is 0 Å². The van der Waals surface area contributed by atoms with E-state index in [1.807, 2.05) is 0 Å². The zero-order valence-electron chi connectivity index (χ0n) is 16.3. The molecular weight excluding hydrogens is 336 g/mol. The van der Waals surface area contributed by atoms with E-state index in [9.17, 15) is 8.42 Å². The van der Waals surface area contributed by atoms with Crippen LogP contribution in [0.4, 0.5) is 0 Å².